The second-order valence-corrected chi connectivity index (χ2v) is 21.1. The highest BCUT2D eigenvalue weighted by atomic mass is 127. The van der Waals surface area contributed by atoms with Crippen LogP contribution in [0.1, 0.15) is 65.0 Å². The summed E-state index contributed by atoms with van der Waals surface area (Å²) in [5.41, 5.74) is 1.59. The molecule has 190 valence electrons. The van der Waals surface area contributed by atoms with Crippen LogP contribution in [0.3, 0.4) is 0 Å². The van der Waals surface area contributed by atoms with Gasteiger partial charge in [0.1, 0.15) is -0.565 Å². The van der Waals surface area contributed by atoms with Gasteiger partial charge >= 0.3 is 11.9 Å². The normalized spacial score (nSPS) is 23.7. The summed E-state index contributed by atoms with van der Waals surface area (Å²) >= 11 is 7.24. The summed E-state index contributed by atoms with van der Waals surface area (Å²) in [6.45, 7) is 10.4. The van der Waals surface area contributed by atoms with E-state index in [1.54, 1.807) is 0 Å². The van der Waals surface area contributed by atoms with Gasteiger partial charge in [0, 0.05) is 0 Å². The number of carbonyl (C=O) groups is 2. The maximum Gasteiger partial charge on any atom is 0.313 e. The van der Waals surface area contributed by atoms with Gasteiger partial charge in [0.25, 0.3) is 0 Å². The number of hydrogen-bond donors (Lipinski definition) is 0. The smallest absolute Gasteiger partial charge is 0.313 e. The second kappa shape index (κ2) is 11.1. The third-order valence-electron chi connectivity index (χ3n) is 7.59. The number of fused-ring (bicyclic) bond motifs is 5. The lowest BCUT2D eigenvalue weighted by molar-refractivity contribution is -0.164. The molecule has 0 N–H and O–H groups in total. The number of alkyl halides is 3. The monoisotopic (exact) mass is 814 g/mol. The SMILES string of the molecule is CCC(I)(I)I.CCOC(=O)C1(C)CCC(C)(C(=O)OCC)C12c1ccccc1-c1ccccc12. The van der Waals surface area contributed by atoms with Crippen LogP contribution in [0.25, 0.3) is 11.1 Å². The van der Waals surface area contributed by atoms with Crippen LogP contribution < -0.4 is 0 Å². The number of hydrogen-bond acceptors (Lipinski definition) is 4. The molecule has 2 aliphatic carbocycles. The van der Waals surface area contributed by atoms with Crippen molar-refractivity contribution in [1.29, 1.82) is 0 Å². The average molecular weight is 814 g/mol. The van der Waals surface area contributed by atoms with Crippen molar-refractivity contribution in [1.82, 2.24) is 0 Å². The lowest BCUT2D eigenvalue weighted by Gasteiger charge is -2.48. The van der Waals surface area contributed by atoms with Crippen LogP contribution in [0.15, 0.2) is 48.5 Å². The first-order valence-corrected chi connectivity index (χ1v) is 15.3. The van der Waals surface area contributed by atoms with Crippen molar-refractivity contribution in [3.8, 4) is 11.1 Å². The van der Waals surface area contributed by atoms with E-state index in [-0.39, 0.29) is 11.9 Å². The summed E-state index contributed by atoms with van der Waals surface area (Å²) in [5.74, 6) is -0.501. The van der Waals surface area contributed by atoms with E-state index in [9.17, 15) is 9.59 Å². The Hall–Kier alpha value is -0.430. The molecular formula is C28H33I3O4. The highest BCUT2D eigenvalue weighted by Crippen LogP contribution is 2.72. The van der Waals surface area contributed by atoms with Crippen LogP contribution >= 0.6 is 67.8 Å². The number of benzene rings is 2. The van der Waals surface area contributed by atoms with E-state index in [4.69, 9.17) is 9.47 Å². The molecule has 7 heteroatoms. The van der Waals surface area contributed by atoms with Crippen LogP contribution in [0.4, 0.5) is 0 Å². The Bertz CT molecular complexity index is 1010. The number of rotatable bonds is 5. The predicted octanol–water partition coefficient (Wildman–Crippen LogP) is 8.24. The highest BCUT2D eigenvalue weighted by Gasteiger charge is 2.74. The molecule has 35 heavy (non-hydrogen) atoms. The van der Waals surface area contributed by atoms with Gasteiger partial charge in [-0.3, -0.25) is 9.59 Å². The minimum absolute atomic E-state index is 0.250. The third-order valence-corrected chi connectivity index (χ3v) is 9.87. The van der Waals surface area contributed by atoms with Crippen LogP contribution in [0, 0.1) is 10.8 Å². The van der Waals surface area contributed by atoms with Gasteiger partial charge in [0.2, 0.25) is 0 Å². The van der Waals surface area contributed by atoms with Gasteiger partial charge in [-0.25, -0.2) is 0 Å². The van der Waals surface area contributed by atoms with E-state index in [1.165, 1.54) is 6.42 Å². The van der Waals surface area contributed by atoms with E-state index in [1.807, 2.05) is 52.0 Å². The molecule has 2 aromatic rings. The topological polar surface area (TPSA) is 52.6 Å². The molecule has 0 bridgehead atoms. The van der Waals surface area contributed by atoms with Gasteiger partial charge in [-0.2, -0.15) is 0 Å². The molecular weight excluding hydrogens is 781 g/mol. The number of carbonyl (C=O) groups excluding carboxylic acids is 2. The standard InChI is InChI=1S/C25H28O4.C3H5I3/c1-5-28-21(26)23(3)15-16-24(4,22(27)29-6-2)25(23)19-13-9-7-11-17(19)18-12-8-10-14-20(18)25;1-2-3(4,5)6/h7-14H,5-6,15-16H2,1-4H3;2H2,1H3. The van der Waals surface area contributed by atoms with Gasteiger partial charge in [-0.1, -0.05) is 123 Å². The second-order valence-electron chi connectivity index (χ2n) is 9.42. The number of esters is 2. The lowest BCUT2D eigenvalue weighted by atomic mass is 9.52. The molecule has 4 nitrogen and oxygen atoms in total. The Morgan fingerprint density at radius 2 is 1.11 bits per heavy atom. The molecule has 0 heterocycles. The van der Waals surface area contributed by atoms with Crippen LogP contribution in [-0.4, -0.2) is 24.6 Å². The minimum atomic E-state index is -0.882. The van der Waals surface area contributed by atoms with Crippen molar-refractivity contribution in [2.75, 3.05) is 13.2 Å². The summed E-state index contributed by atoms with van der Waals surface area (Å²) in [7, 11) is 0. The van der Waals surface area contributed by atoms with Gasteiger partial charge in [-0.05, 0) is 69.2 Å². The quantitative estimate of drug-likeness (QED) is 0.174. The van der Waals surface area contributed by atoms with E-state index >= 15 is 0 Å². The lowest BCUT2D eigenvalue weighted by Crippen LogP contribution is -2.56. The van der Waals surface area contributed by atoms with Crippen LogP contribution in [0.2, 0.25) is 0 Å². The van der Waals surface area contributed by atoms with Crippen molar-refractivity contribution < 1.29 is 19.1 Å². The van der Waals surface area contributed by atoms with Gasteiger partial charge in [-0.15, -0.1) is 0 Å². The van der Waals surface area contributed by atoms with Gasteiger partial charge in [0.05, 0.1) is 29.5 Å². The fourth-order valence-corrected chi connectivity index (χ4v) is 6.00. The summed E-state index contributed by atoms with van der Waals surface area (Å²) in [6.07, 6.45) is 2.35. The Morgan fingerprint density at radius 3 is 1.43 bits per heavy atom. The molecule has 1 spiro atoms. The van der Waals surface area contributed by atoms with Crippen molar-refractivity contribution in [2.45, 2.75) is 58.7 Å². The largest absolute Gasteiger partial charge is 0.466 e. The summed E-state index contributed by atoms with van der Waals surface area (Å²) < 4.78 is 11.6. The zero-order chi connectivity index (χ0) is 26.1. The molecule has 0 aliphatic heterocycles. The molecule has 2 atom stereocenters. The van der Waals surface area contributed by atoms with Gasteiger partial charge < -0.3 is 9.47 Å². The fourth-order valence-electron chi connectivity index (χ4n) is 6.00. The maximum atomic E-state index is 13.4. The van der Waals surface area contributed by atoms with Crippen molar-refractivity contribution in [3.05, 3.63) is 59.7 Å². The molecule has 2 aromatic carbocycles. The molecule has 0 radical (unpaired) electrons. The number of ether oxygens (including phenoxy) is 2. The first-order chi connectivity index (χ1) is 16.4. The minimum Gasteiger partial charge on any atom is -0.466 e. The average Bonchev–Trinajstić information content (AvgIpc) is 3.28. The van der Waals surface area contributed by atoms with Crippen molar-refractivity contribution >= 4 is 79.7 Å². The molecule has 1 saturated carbocycles. The molecule has 0 amide bonds. The molecule has 1 fully saturated rings. The summed E-state index contributed by atoms with van der Waals surface area (Å²) in [5, 5.41) is 0. The molecule has 0 aromatic heterocycles. The first-order valence-electron chi connectivity index (χ1n) is 12.0. The molecule has 2 aliphatic rings. The molecule has 0 saturated heterocycles. The summed E-state index contributed by atoms with van der Waals surface area (Å²) in [4.78, 5) is 26.9. The van der Waals surface area contributed by atoms with E-state index in [2.05, 4.69) is 99.0 Å². The third kappa shape index (κ3) is 4.79. The zero-order valence-corrected chi connectivity index (χ0v) is 27.4. The van der Waals surface area contributed by atoms with Crippen LogP contribution in [-0.2, 0) is 24.5 Å². The Balaban J connectivity index is 0.000000509. The van der Waals surface area contributed by atoms with Crippen molar-refractivity contribution in [2.24, 2.45) is 10.8 Å². The molecule has 2 unspecified atom stereocenters. The summed E-state index contributed by atoms with van der Waals surface area (Å²) in [6, 6.07) is 16.3. The maximum absolute atomic E-state index is 13.4. The number of halogens is 3. The van der Waals surface area contributed by atoms with E-state index in [0.29, 0.717) is 25.5 Å². The molecule has 4 rings (SSSR count). The van der Waals surface area contributed by atoms with Crippen LogP contribution in [0.5, 0.6) is 0 Å². The Labute approximate surface area is 250 Å². The first kappa shape index (κ1) is 29.1. The van der Waals surface area contributed by atoms with E-state index in [0.717, 1.165) is 22.3 Å². The van der Waals surface area contributed by atoms with Gasteiger partial charge in [0.15, 0.2) is 0 Å². The predicted molar refractivity (Wildman–Crippen MR) is 166 cm³/mol. The fraction of sp³-hybridized carbons (Fsp3) is 0.500. The highest BCUT2D eigenvalue weighted by molar-refractivity contribution is 14.3. The van der Waals surface area contributed by atoms with E-state index < -0.39 is 16.2 Å². The van der Waals surface area contributed by atoms with Crippen molar-refractivity contribution in [3.63, 3.8) is 0 Å². The Kier molecular flexibility index (Phi) is 9.26. The Morgan fingerprint density at radius 1 is 0.771 bits per heavy atom. The zero-order valence-electron chi connectivity index (χ0n) is 20.9.